The van der Waals surface area contributed by atoms with Gasteiger partial charge in [-0.3, -0.25) is 0 Å². The molecule has 1 N–H and O–H groups in total. The summed E-state index contributed by atoms with van der Waals surface area (Å²) >= 11 is 0. The van der Waals surface area contributed by atoms with Crippen molar-refractivity contribution < 1.29 is 0 Å². The number of nitrogens with one attached hydrogen (secondary N) is 1. The Hall–Kier alpha value is -2.41. The molecule has 0 saturated heterocycles. The molecule has 0 unspecified atom stereocenters. The molecule has 0 saturated carbocycles. The van der Waals surface area contributed by atoms with Crippen molar-refractivity contribution in [3.05, 3.63) is 42.5 Å². The molecule has 2 aromatic rings. The van der Waals surface area contributed by atoms with E-state index in [9.17, 15) is 0 Å². The summed E-state index contributed by atoms with van der Waals surface area (Å²) in [6, 6.07) is 15.9. The second-order valence-corrected chi connectivity index (χ2v) is 3.86. The first-order valence-corrected chi connectivity index (χ1v) is 5.90. The molecule has 1 aromatic carbocycles. The normalized spacial score (nSPS) is 9.72. The van der Waals surface area contributed by atoms with Gasteiger partial charge in [0.05, 0.1) is 11.8 Å². The van der Waals surface area contributed by atoms with E-state index in [1.54, 1.807) is 0 Å². The maximum Gasteiger partial charge on any atom is 0.148 e. The van der Waals surface area contributed by atoms with Crippen molar-refractivity contribution >= 4 is 5.82 Å². The van der Waals surface area contributed by atoms with Crippen LogP contribution in [0, 0.1) is 11.3 Å². The van der Waals surface area contributed by atoms with Gasteiger partial charge in [0.1, 0.15) is 5.82 Å². The van der Waals surface area contributed by atoms with E-state index in [2.05, 4.69) is 21.6 Å². The van der Waals surface area contributed by atoms with Crippen LogP contribution in [0.5, 0.6) is 0 Å². The highest BCUT2D eigenvalue weighted by Gasteiger charge is 1.99. The molecular formula is C14H14N4. The molecule has 0 radical (unpaired) electrons. The van der Waals surface area contributed by atoms with E-state index in [0.717, 1.165) is 30.0 Å². The summed E-state index contributed by atoms with van der Waals surface area (Å²) in [6.07, 6.45) is 1.38. The van der Waals surface area contributed by atoms with Crippen molar-refractivity contribution in [1.29, 1.82) is 5.26 Å². The number of nitriles is 1. The monoisotopic (exact) mass is 238 g/mol. The highest BCUT2D eigenvalue weighted by Crippen LogP contribution is 2.16. The number of anilines is 1. The van der Waals surface area contributed by atoms with Crippen molar-refractivity contribution in [3.8, 4) is 17.3 Å². The highest BCUT2D eigenvalue weighted by atomic mass is 15.2. The summed E-state index contributed by atoms with van der Waals surface area (Å²) in [5.74, 6) is 0.743. The molecule has 0 atom stereocenters. The lowest BCUT2D eigenvalue weighted by atomic mass is 10.1. The molecule has 0 aliphatic rings. The van der Waals surface area contributed by atoms with Crippen molar-refractivity contribution in [3.63, 3.8) is 0 Å². The summed E-state index contributed by atoms with van der Waals surface area (Å²) in [6.45, 7) is 0.743. The second-order valence-electron chi connectivity index (χ2n) is 3.86. The van der Waals surface area contributed by atoms with Gasteiger partial charge >= 0.3 is 0 Å². The number of aromatic nitrogens is 2. The lowest BCUT2D eigenvalue weighted by Gasteiger charge is -2.04. The Morgan fingerprint density at radius 3 is 2.56 bits per heavy atom. The van der Waals surface area contributed by atoms with Gasteiger partial charge in [-0.05, 0) is 18.6 Å². The minimum absolute atomic E-state index is 0.558. The van der Waals surface area contributed by atoms with Gasteiger partial charge in [-0.1, -0.05) is 30.3 Å². The molecule has 0 fully saturated rings. The van der Waals surface area contributed by atoms with Crippen LogP contribution in [0.1, 0.15) is 12.8 Å². The molecular weight excluding hydrogens is 224 g/mol. The predicted molar refractivity (Wildman–Crippen MR) is 70.8 cm³/mol. The van der Waals surface area contributed by atoms with Gasteiger partial charge < -0.3 is 5.32 Å². The first-order valence-electron chi connectivity index (χ1n) is 5.90. The fourth-order valence-electron chi connectivity index (χ4n) is 1.57. The third-order valence-electron chi connectivity index (χ3n) is 2.51. The Morgan fingerprint density at radius 1 is 1.06 bits per heavy atom. The SMILES string of the molecule is N#CCCCNc1ccc(-c2ccccc2)nn1. The molecule has 0 aliphatic heterocycles. The van der Waals surface area contributed by atoms with E-state index in [1.807, 2.05) is 42.5 Å². The average Bonchev–Trinajstić information content (AvgIpc) is 2.45. The largest absolute Gasteiger partial charge is 0.369 e. The minimum Gasteiger partial charge on any atom is -0.369 e. The first kappa shape index (κ1) is 12.1. The van der Waals surface area contributed by atoms with Crippen molar-refractivity contribution in [2.24, 2.45) is 0 Å². The fraction of sp³-hybridized carbons (Fsp3) is 0.214. The first-order chi connectivity index (χ1) is 8.90. The van der Waals surface area contributed by atoms with Crippen molar-refractivity contribution in [1.82, 2.24) is 10.2 Å². The maximum atomic E-state index is 8.42. The Bertz CT molecular complexity index is 514. The van der Waals surface area contributed by atoms with Crippen LogP contribution in [0.2, 0.25) is 0 Å². The van der Waals surface area contributed by atoms with Crippen LogP contribution in [-0.2, 0) is 0 Å². The quantitative estimate of drug-likeness (QED) is 0.813. The molecule has 4 heteroatoms. The molecule has 1 aromatic heterocycles. The molecule has 0 amide bonds. The molecule has 0 aliphatic carbocycles. The molecule has 1 heterocycles. The molecule has 18 heavy (non-hydrogen) atoms. The van der Waals surface area contributed by atoms with E-state index in [0.29, 0.717) is 6.42 Å². The Balaban J connectivity index is 1.96. The Morgan fingerprint density at radius 2 is 1.89 bits per heavy atom. The zero-order chi connectivity index (χ0) is 12.6. The summed E-state index contributed by atoms with van der Waals surface area (Å²) in [5.41, 5.74) is 1.92. The number of nitrogens with zero attached hydrogens (tertiary/aromatic N) is 3. The van der Waals surface area contributed by atoms with Crippen LogP contribution in [0.4, 0.5) is 5.82 Å². The topological polar surface area (TPSA) is 61.6 Å². The molecule has 0 bridgehead atoms. The van der Waals surface area contributed by atoms with Gasteiger partial charge in [0.15, 0.2) is 0 Å². The van der Waals surface area contributed by atoms with Gasteiger partial charge in [-0.15, -0.1) is 10.2 Å². The van der Waals surface area contributed by atoms with Crippen LogP contribution >= 0.6 is 0 Å². The average molecular weight is 238 g/mol. The summed E-state index contributed by atoms with van der Waals surface area (Å²) < 4.78 is 0. The Kier molecular flexibility index (Phi) is 4.26. The second kappa shape index (κ2) is 6.36. The standard InChI is InChI=1S/C14H14N4/c15-10-4-5-11-16-14-9-8-13(17-18-14)12-6-2-1-3-7-12/h1-3,6-9H,4-5,11H2,(H,16,18). The smallest absolute Gasteiger partial charge is 0.148 e. The number of hydrogen-bond donors (Lipinski definition) is 1. The molecule has 2 rings (SSSR count). The van der Waals surface area contributed by atoms with Crippen LogP contribution in [0.25, 0.3) is 11.3 Å². The summed E-state index contributed by atoms with van der Waals surface area (Å²) in [4.78, 5) is 0. The minimum atomic E-state index is 0.558. The molecule has 0 spiro atoms. The molecule has 4 nitrogen and oxygen atoms in total. The van der Waals surface area contributed by atoms with Crippen LogP contribution in [0.3, 0.4) is 0 Å². The third kappa shape index (κ3) is 3.29. The van der Waals surface area contributed by atoms with E-state index >= 15 is 0 Å². The number of rotatable bonds is 5. The van der Waals surface area contributed by atoms with Crippen LogP contribution in [-0.4, -0.2) is 16.7 Å². The lowest BCUT2D eigenvalue weighted by molar-refractivity contribution is 0.884. The van der Waals surface area contributed by atoms with Gasteiger partial charge in [0.2, 0.25) is 0 Å². The summed E-state index contributed by atoms with van der Waals surface area (Å²) in [7, 11) is 0. The van der Waals surface area contributed by atoms with E-state index in [4.69, 9.17) is 5.26 Å². The zero-order valence-corrected chi connectivity index (χ0v) is 10.0. The van der Waals surface area contributed by atoms with Gasteiger partial charge in [0.25, 0.3) is 0 Å². The lowest BCUT2D eigenvalue weighted by Crippen LogP contribution is -2.03. The predicted octanol–water partition coefficient (Wildman–Crippen LogP) is 2.86. The van der Waals surface area contributed by atoms with Crippen LogP contribution < -0.4 is 5.32 Å². The fourth-order valence-corrected chi connectivity index (χ4v) is 1.57. The van der Waals surface area contributed by atoms with Crippen molar-refractivity contribution in [2.75, 3.05) is 11.9 Å². The number of hydrogen-bond acceptors (Lipinski definition) is 4. The van der Waals surface area contributed by atoms with Crippen LogP contribution in [0.15, 0.2) is 42.5 Å². The number of unbranched alkanes of at least 4 members (excludes halogenated alkanes) is 1. The molecule has 90 valence electrons. The van der Waals surface area contributed by atoms with Gasteiger partial charge in [-0.2, -0.15) is 5.26 Å². The third-order valence-corrected chi connectivity index (χ3v) is 2.51. The van der Waals surface area contributed by atoms with Crippen molar-refractivity contribution in [2.45, 2.75) is 12.8 Å². The Labute approximate surface area is 106 Å². The zero-order valence-electron chi connectivity index (χ0n) is 10.0. The highest BCUT2D eigenvalue weighted by molar-refractivity contribution is 5.59. The van der Waals surface area contributed by atoms with E-state index < -0.39 is 0 Å². The number of benzene rings is 1. The van der Waals surface area contributed by atoms with E-state index in [1.165, 1.54) is 0 Å². The van der Waals surface area contributed by atoms with E-state index in [-0.39, 0.29) is 0 Å². The van der Waals surface area contributed by atoms with Gasteiger partial charge in [0, 0.05) is 18.5 Å². The maximum absolute atomic E-state index is 8.42. The van der Waals surface area contributed by atoms with Gasteiger partial charge in [-0.25, -0.2) is 0 Å². The summed E-state index contributed by atoms with van der Waals surface area (Å²) in [5, 5.41) is 19.8.